The van der Waals surface area contributed by atoms with Crippen LogP contribution in [0.25, 0.3) is 0 Å². The molecule has 1 aromatic rings. The van der Waals surface area contributed by atoms with Crippen molar-refractivity contribution in [1.82, 2.24) is 10.2 Å². The first kappa shape index (κ1) is 14.6. The molecule has 1 saturated carbocycles. The second-order valence-corrected chi connectivity index (χ2v) is 7.13. The van der Waals surface area contributed by atoms with Gasteiger partial charge in [0, 0.05) is 6.54 Å². The average Bonchev–Trinajstić information content (AvgIpc) is 3.08. The van der Waals surface area contributed by atoms with E-state index < -0.39 is 0 Å². The van der Waals surface area contributed by atoms with Gasteiger partial charge in [0.2, 0.25) is 5.91 Å². The first-order valence-electron chi connectivity index (χ1n) is 8.17. The van der Waals surface area contributed by atoms with Gasteiger partial charge in [-0.15, -0.1) is 0 Å². The summed E-state index contributed by atoms with van der Waals surface area (Å²) in [5, 5.41) is 3.56. The van der Waals surface area contributed by atoms with Gasteiger partial charge in [0.15, 0.2) is 0 Å². The molecule has 0 spiro atoms. The Morgan fingerprint density at radius 1 is 1.29 bits per heavy atom. The molecule has 114 valence electrons. The summed E-state index contributed by atoms with van der Waals surface area (Å²) in [6.07, 6.45) is 2.23. The van der Waals surface area contributed by atoms with Crippen LogP contribution in [0, 0.1) is 17.8 Å². The number of hydrogen-bond donors (Lipinski definition) is 1. The van der Waals surface area contributed by atoms with Crippen molar-refractivity contribution in [2.75, 3.05) is 6.54 Å². The van der Waals surface area contributed by atoms with Crippen LogP contribution in [-0.2, 0) is 4.79 Å². The summed E-state index contributed by atoms with van der Waals surface area (Å²) in [6.45, 7) is 7.54. The molecule has 1 aromatic carbocycles. The summed E-state index contributed by atoms with van der Waals surface area (Å²) in [5.41, 5.74) is 1.20. The first-order chi connectivity index (χ1) is 10.1. The summed E-state index contributed by atoms with van der Waals surface area (Å²) in [6, 6.07) is 10.3. The highest BCUT2D eigenvalue weighted by atomic mass is 16.2. The van der Waals surface area contributed by atoms with Crippen molar-refractivity contribution in [2.24, 2.45) is 17.8 Å². The van der Waals surface area contributed by atoms with E-state index in [4.69, 9.17) is 0 Å². The Hall–Kier alpha value is -1.35. The molecular formula is C18H26N2O. The van der Waals surface area contributed by atoms with E-state index in [1.54, 1.807) is 0 Å². The van der Waals surface area contributed by atoms with Crippen LogP contribution < -0.4 is 5.32 Å². The molecule has 1 amide bonds. The van der Waals surface area contributed by atoms with Crippen molar-refractivity contribution in [2.45, 2.75) is 45.8 Å². The average molecular weight is 286 g/mol. The summed E-state index contributed by atoms with van der Waals surface area (Å²) in [5.74, 6) is 2.29. The molecule has 0 aromatic heterocycles. The van der Waals surface area contributed by atoms with Gasteiger partial charge in [0.25, 0.3) is 0 Å². The minimum Gasteiger partial charge on any atom is -0.321 e. The summed E-state index contributed by atoms with van der Waals surface area (Å²) in [4.78, 5) is 14.8. The molecule has 3 heteroatoms. The lowest BCUT2D eigenvalue weighted by atomic mass is 10.0. The van der Waals surface area contributed by atoms with Gasteiger partial charge >= 0.3 is 0 Å². The zero-order valence-electron chi connectivity index (χ0n) is 13.3. The topological polar surface area (TPSA) is 32.3 Å². The number of carbonyl (C=O) groups is 1. The monoisotopic (exact) mass is 286 g/mol. The van der Waals surface area contributed by atoms with Crippen LogP contribution in [0.4, 0.5) is 0 Å². The van der Waals surface area contributed by atoms with Crippen LogP contribution in [0.2, 0.25) is 0 Å². The second kappa shape index (κ2) is 5.80. The third kappa shape index (κ3) is 3.13. The van der Waals surface area contributed by atoms with Gasteiger partial charge in [0.1, 0.15) is 6.17 Å². The summed E-state index contributed by atoms with van der Waals surface area (Å²) < 4.78 is 0. The van der Waals surface area contributed by atoms with Gasteiger partial charge in [-0.2, -0.15) is 0 Å². The third-order valence-electron chi connectivity index (χ3n) is 4.78. The van der Waals surface area contributed by atoms with Crippen LogP contribution >= 0.6 is 0 Å². The largest absolute Gasteiger partial charge is 0.321 e. The van der Waals surface area contributed by atoms with Crippen molar-refractivity contribution < 1.29 is 4.79 Å². The van der Waals surface area contributed by atoms with Crippen molar-refractivity contribution in [3.8, 4) is 0 Å². The Labute approximate surface area is 127 Å². The van der Waals surface area contributed by atoms with Gasteiger partial charge < -0.3 is 4.90 Å². The lowest BCUT2D eigenvalue weighted by Crippen LogP contribution is -2.33. The van der Waals surface area contributed by atoms with Gasteiger partial charge in [-0.25, -0.2) is 0 Å². The molecule has 1 aliphatic heterocycles. The number of benzene rings is 1. The molecule has 3 rings (SSSR count). The van der Waals surface area contributed by atoms with Crippen molar-refractivity contribution in [1.29, 1.82) is 0 Å². The number of nitrogens with zero attached hydrogens (tertiary/aromatic N) is 1. The predicted octanol–water partition coefficient (Wildman–Crippen LogP) is 3.19. The van der Waals surface area contributed by atoms with Crippen LogP contribution in [0.5, 0.6) is 0 Å². The fourth-order valence-electron chi connectivity index (χ4n) is 3.33. The van der Waals surface area contributed by atoms with Gasteiger partial charge in [-0.05, 0) is 36.2 Å². The Morgan fingerprint density at radius 2 is 1.95 bits per heavy atom. The first-order valence-corrected chi connectivity index (χ1v) is 8.17. The van der Waals surface area contributed by atoms with Gasteiger partial charge in [-0.3, -0.25) is 10.1 Å². The zero-order chi connectivity index (χ0) is 15.0. The third-order valence-corrected chi connectivity index (χ3v) is 4.78. The van der Waals surface area contributed by atoms with E-state index in [9.17, 15) is 4.79 Å². The molecule has 21 heavy (non-hydrogen) atoms. The maximum Gasteiger partial charge on any atom is 0.241 e. The molecule has 2 fully saturated rings. The molecule has 4 unspecified atom stereocenters. The molecule has 1 N–H and O–H groups in total. The van der Waals surface area contributed by atoms with Gasteiger partial charge in [-0.1, -0.05) is 51.1 Å². The predicted molar refractivity (Wildman–Crippen MR) is 84.5 cm³/mol. The van der Waals surface area contributed by atoms with Crippen LogP contribution in [0.1, 0.15) is 45.3 Å². The Balaban J connectivity index is 1.79. The van der Waals surface area contributed by atoms with E-state index in [0.29, 0.717) is 11.8 Å². The molecule has 1 saturated heterocycles. The van der Waals surface area contributed by atoms with E-state index in [2.05, 4.69) is 55.3 Å². The highest BCUT2D eigenvalue weighted by molar-refractivity contribution is 5.84. The lowest BCUT2D eigenvalue weighted by Gasteiger charge is -2.24. The fraction of sp³-hybridized carbons (Fsp3) is 0.611. The van der Waals surface area contributed by atoms with E-state index >= 15 is 0 Å². The Bertz CT molecular complexity index is 499. The smallest absolute Gasteiger partial charge is 0.241 e. The van der Waals surface area contributed by atoms with E-state index in [1.807, 2.05) is 6.07 Å². The summed E-state index contributed by atoms with van der Waals surface area (Å²) >= 11 is 0. The highest BCUT2D eigenvalue weighted by Crippen LogP contribution is 2.40. The molecule has 0 radical (unpaired) electrons. The van der Waals surface area contributed by atoms with E-state index in [1.165, 1.54) is 12.0 Å². The summed E-state index contributed by atoms with van der Waals surface area (Å²) in [7, 11) is 0. The SMILES string of the molecule is CC(C)CC1NC(c2ccccc2)N(CC2CC2C)C1=O. The Morgan fingerprint density at radius 3 is 2.52 bits per heavy atom. The molecular weight excluding hydrogens is 260 g/mol. The minimum atomic E-state index is -0.0238. The normalized spacial score (nSPS) is 32.0. The quantitative estimate of drug-likeness (QED) is 0.901. The van der Waals surface area contributed by atoms with Crippen molar-refractivity contribution >= 4 is 5.91 Å². The molecule has 2 aliphatic rings. The van der Waals surface area contributed by atoms with Crippen LogP contribution in [0.15, 0.2) is 30.3 Å². The van der Waals surface area contributed by atoms with E-state index in [0.717, 1.165) is 18.9 Å². The molecule has 4 atom stereocenters. The molecule has 0 bridgehead atoms. The van der Waals surface area contributed by atoms with Crippen molar-refractivity contribution in [3.05, 3.63) is 35.9 Å². The van der Waals surface area contributed by atoms with Gasteiger partial charge in [0.05, 0.1) is 6.04 Å². The number of carbonyl (C=O) groups excluding carboxylic acids is 1. The molecule has 1 aliphatic carbocycles. The molecule has 1 heterocycles. The number of rotatable bonds is 5. The number of nitrogens with one attached hydrogen (secondary N) is 1. The maximum atomic E-state index is 12.8. The number of amides is 1. The molecule has 3 nitrogen and oxygen atoms in total. The maximum absolute atomic E-state index is 12.8. The lowest BCUT2D eigenvalue weighted by molar-refractivity contribution is -0.130. The zero-order valence-corrected chi connectivity index (χ0v) is 13.3. The fourth-order valence-corrected chi connectivity index (χ4v) is 3.33. The van der Waals surface area contributed by atoms with Crippen LogP contribution in [-0.4, -0.2) is 23.4 Å². The Kier molecular flexibility index (Phi) is 4.03. The number of hydrogen-bond acceptors (Lipinski definition) is 2. The standard InChI is InChI=1S/C18H26N2O/c1-12(2)9-16-18(21)20(11-15-10-13(15)3)17(19-16)14-7-5-4-6-8-14/h4-8,12-13,15-17,19H,9-11H2,1-3H3. The highest BCUT2D eigenvalue weighted by Gasteiger charge is 2.44. The second-order valence-electron chi connectivity index (χ2n) is 7.13. The minimum absolute atomic E-state index is 0.0238. The van der Waals surface area contributed by atoms with Crippen LogP contribution in [0.3, 0.4) is 0 Å². The van der Waals surface area contributed by atoms with E-state index in [-0.39, 0.29) is 18.1 Å². The van der Waals surface area contributed by atoms with Crippen molar-refractivity contribution in [3.63, 3.8) is 0 Å².